The van der Waals surface area contributed by atoms with Crippen molar-refractivity contribution in [3.8, 4) is 0 Å². The van der Waals surface area contributed by atoms with E-state index in [1.807, 2.05) is 20.1 Å². The molecule has 8 heteroatoms. The Kier molecular flexibility index (Phi) is 5.82. The minimum atomic E-state index is -1.61. The Morgan fingerprint density at radius 3 is 2.33 bits per heavy atom. The zero-order chi connectivity index (χ0) is 17.9. The topological polar surface area (TPSA) is 54.9 Å². The van der Waals surface area contributed by atoms with Gasteiger partial charge in [-0.05, 0) is 44.2 Å². The van der Waals surface area contributed by atoms with Crippen molar-refractivity contribution in [3.05, 3.63) is 46.5 Å². The van der Waals surface area contributed by atoms with Gasteiger partial charge in [-0.25, -0.2) is 23.1 Å². The van der Waals surface area contributed by atoms with Crippen LogP contribution in [-0.2, 0) is 11.2 Å². The van der Waals surface area contributed by atoms with Crippen LogP contribution in [0.2, 0.25) is 0 Å². The Morgan fingerprint density at radius 2 is 1.75 bits per heavy atom. The lowest BCUT2D eigenvalue weighted by atomic mass is 10.1. The molecule has 1 amide bonds. The third kappa shape index (κ3) is 4.05. The number of anilines is 1. The van der Waals surface area contributed by atoms with Crippen LogP contribution in [0.15, 0.2) is 17.3 Å². The minimum Gasteiger partial charge on any atom is -0.323 e. The zero-order valence-corrected chi connectivity index (χ0v) is 14.2. The lowest BCUT2D eigenvalue weighted by Crippen LogP contribution is -2.15. The van der Waals surface area contributed by atoms with E-state index >= 15 is 0 Å². The molecule has 0 radical (unpaired) electrons. The molecule has 1 aromatic heterocycles. The molecule has 0 aliphatic rings. The largest absolute Gasteiger partial charge is 0.323 e. The highest BCUT2D eigenvalue weighted by atomic mass is 32.2. The third-order valence-corrected chi connectivity index (χ3v) is 4.04. The van der Waals surface area contributed by atoms with Gasteiger partial charge in [-0.2, -0.15) is 0 Å². The van der Waals surface area contributed by atoms with Gasteiger partial charge in [0.05, 0.1) is 5.69 Å². The first kappa shape index (κ1) is 18.3. The van der Waals surface area contributed by atoms with Gasteiger partial charge in [-0.3, -0.25) is 4.79 Å². The lowest BCUT2D eigenvalue weighted by Gasteiger charge is -2.11. The summed E-state index contributed by atoms with van der Waals surface area (Å²) in [6.07, 6.45) is 2.28. The second-order valence-corrected chi connectivity index (χ2v) is 5.90. The van der Waals surface area contributed by atoms with E-state index in [4.69, 9.17) is 0 Å². The van der Waals surface area contributed by atoms with Crippen molar-refractivity contribution in [3.63, 3.8) is 0 Å². The van der Waals surface area contributed by atoms with Crippen LogP contribution in [-0.4, -0.2) is 22.1 Å². The molecule has 0 saturated heterocycles. The highest BCUT2D eigenvalue weighted by Crippen LogP contribution is 2.21. The number of hydrogen-bond acceptors (Lipinski definition) is 4. The number of nitrogens with one attached hydrogen (secondary N) is 1. The van der Waals surface area contributed by atoms with Gasteiger partial charge in [0.2, 0.25) is 5.91 Å². The molecule has 1 N–H and O–H groups in total. The van der Waals surface area contributed by atoms with Gasteiger partial charge in [-0.1, -0.05) is 11.8 Å². The van der Waals surface area contributed by atoms with Crippen molar-refractivity contribution < 1.29 is 18.0 Å². The molecule has 0 fully saturated rings. The summed E-state index contributed by atoms with van der Waals surface area (Å²) < 4.78 is 39.6. The summed E-state index contributed by atoms with van der Waals surface area (Å²) in [7, 11) is 0. The zero-order valence-electron chi connectivity index (χ0n) is 13.4. The molecular weight excluding hydrogens is 339 g/mol. The Balaban J connectivity index is 2.06. The number of carbonyl (C=O) groups is 1. The quantitative estimate of drug-likeness (QED) is 0.503. The number of benzene rings is 1. The van der Waals surface area contributed by atoms with Crippen LogP contribution in [0.5, 0.6) is 0 Å². The Bertz CT molecular complexity index is 760. The highest BCUT2D eigenvalue weighted by molar-refractivity contribution is 7.98. The molecule has 0 atom stereocenters. The fourth-order valence-corrected chi connectivity index (χ4v) is 2.69. The first-order valence-electron chi connectivity index (χ1n) is 7.15. The predicted molar refractivity (Wildman–Crippen MR) is 86.6 cm³/mol. The van der Waals surface area contributed by atoms with Gasteiger partial charge in [0.25, 0.3) is 0 Å². The molecule has 4 nitrogen and oxygen atoms in total. The van der Waals surface area contributed by atoms with Gasteiger partial charge in [0.1, 0.15) is 0 Å². The van der Waals surface area contributed by atoms with Gasteiger partial charge in [-0.15, -0.1) is 0 Å². The van der Waals surface area contributed by atoms with Gasteiger partial charge >= 0.3 is 0 Å². The number of carbonyl (C=O) groups excluding carboxylic acids is 1. The van der Waals surface area contributed by atoms with E-state index in [1.54, 1.807) is 0 Å². The predicted octanol–water partition coefficient (Wildman–Crippen LogP) is 3.80. The molecule has 2 aromatic rings. The number of aromatic nitrogens is 2. The van der Waals surface area contributed by atoms with E-state index in [9.17, 15) is 18.0 Å². The molecule has 2 rings (SSSR count). The van der Waals surface area contributed by atoms with Crippen LogP contribution in [0, 0.1) is 31.3 Å². The smallest absolute Gasteiger partial charge is 0.224 e. The standard InChI is InChI=1S/C16H16F3N3OS/c1-8-10(9(2)21-16(20-8)24-3)4-7-13(23)22-12-6-5-11(17)14(18)15(12)19/h5-6H,4,7H2,1-3H3,(H,22,23). The second kappa shape index (κ2) is 7.65. The van der Waals surface area contributed by atoms with Gasteiger partial charge < -0.3 is 5.32 Å². The fourth-order valence-electron chi connectivity index (χ4n) is 2.24. The Labute approximate surface area is 141 Å². The molecule has 0 aliphatic carbocycles. The monoisotopic (exact) mass is 355 g/mol. The van der Waals surface area contributed by atoms with Crippen molar-refractivity contribution in [1.82, 2.24) is 9.97 Å². The van der Waals surface area contributed by atoms with Crippen molar-refractivity contribution >= 4 is 23.4 Å². The number of halogens is 3. The molecule has 0 saturated carbocycles. The molecule has 0 bridgehead atoms. The van der Waals surface area contributed by atoms with Crippen molar-refractivity contribution in [2.75, 3.05) is 11.6 Å². The third-order valence-electron chi connectivity index (χ3n) is 3.49. The first-order valence-corrected chi connectivity index (χ1v) is 8.37. The Morgan fingerprint density at radius 1 is 1.12 bits per heavy atom. The average Bonchev–Trinajstić information content (AvgIpc) is 2.54. The van der Waals surface area contributed by atoms with Gasteiger partial charge in [0.15, 0.2) is 22.6 Å². The summed E-state index contributed by atoms with van der Waals surface area (Å²) in [6, 6.07) is 1.75. The van der Waals surface area contributed by atoms with E-state index in [1.165, 1.54) is 11.8 Å². The molecule has 0 spiro atoms. The molecule has 1 aromatic carbocycles. The number of thioether (sulfide) groups is 1. The maximum Gasteiger partial charge on any atom is 0.224 e. The summed E-state index contributed by atoms with van der Waals surface area (Å²) in [5, 5.41) is 2.90. The van der Waals surface area contributed by atoms with Crippen LogP contribution in [0.1, 0.15) is 23.4 Å². The van der Waals surface area contributed by atoms with Crippen molar-refractivity contribution in [2.45, 2.75) is 31.8 Å². The minimum absolute atomic E-state index is 0.0437. The number of nitrogens with zero attached hydrogens (tertiary/aromatic N) is 2. The van der Waals surface area contributed by atoms with E-state index in [0.29, 0.717) is 11.6 Å². The molecule has 128 valence electrons. The number of amides is 1. The number of aryl methyl sites for hydroxylation is 2. The molecular formula is C16H16F3N3OS. The fraction of sp³-hybridized carbons (Fsp3) is 0.312. The second-order valence-electron chi connectivity index (χ2n) is 5.13. The SMILES string of the molecule is CSc1nc(C)c(CCC(=O)Nc2ccc(F)c(F)c2F)c(C)n1. The summed E-state index contributed by atoms with van der Waals surface area (Å²) in [5.41, 5.74) is 2.01. The summed E-state index contributed by atoms with van der Waals surface area (Å²) in [5.74, 6) is -4.83. The van der Waals surface area contributed by atoms with Crippen molar-refractivity contribution in [1.29, 1.82) is 0 Å². The molecule has 1 heterocycles. The van der Waals surface area contributed by atoms with E-state index in [0.717, 1.165) is 29.1 Å². The molecule has 0 aliphatic heterocycles. The van der Waals surface area contributed by atoms with Crippen LogP contribution in [0.25, 0.3) is 0 Å². The van der Waals surface area contributed by atoms with E-state index < -0.39 is 23.4 Å². The normalized spacial score (nSPS) is 10.8. The maximum absolute atomic E-state index is 13.5. The van der Waals surface area contributed by atoms with Crippen LogP contribution < -0.4 is 5.32 Å². The van der Waals surface area contributed by atoms with Crippen LogP contribution >= 0.6 is 11.8 Å². The Hall–Kier alpha value is -2.09. The number of hydrogen-bond donors (Lipinski definition) is 1. The average molecular weight is 355 g/mol. The summed E-state index contributed by atoms with van der Waals surface area (Å²) in [6.45, 7) is 3.66. The van der Waals surface area contributed by atoms with E-state index in [-0.39, 0.29) is 12.1 Å². The van der Waals surface area contributed by atoms with E-state index in [2.05, 4.69) is 15.3 Å². The molecule has 0 unspecified atom stereocenters. The lowest BCUT2D eigenvalue weighted by molar-refractivity contribution is -0.116. The van der Waals surface area contributed by atoms with Crippen LogP contribution in [0.3, 0.4) is 0 Å². The first-order chi connectivity index (χ1) is 11.3. The summed E-state index contributed by atoms with van der Waals surface area (Å²) >= 11 is 1.43. The maximum atomic E-state index is 13.5. The molecule has 24 heavy (non-hydrogen) atoms. The van der Waals surface area contributed by atoms with Crippen molar-refractivity contribution in [2.24, 2.45) is 0 Å². The highest BCUT2D eigenvalue weighted by Gasteiger charge is 2.16. The van der Waals surface area contributed by atoms with Crippen LogP contribution in [0.4, 0.5) is 18.9 Å². The summed E-state index contributed by atoms with van der Waals surface area (Å²) in [4.78, 5) is 20.6. The van der Waals surface area contributed by atoms with Gasteiger partial charge in [0, 0.05) is 17.8 Å². The number of rotatable bonds is 5.